The van der Waals surface area contributed by atoms with Gasteiger partial charge >= 0.3 is 0 Å². The Morgan fingerprint density at radius 3 is 2.63 bits per heavy atom. The fraction of sp³-hybridized carbons (Fsp3) is 0.538. The highest BCUT2D eigenvalue weighted by Gasteiger charge is 2.23. The lowest BCUT2D eigenvalue weighted by Gasteiger charge is -2.19. The zero-order chi connectivity index (χ0) is 14.5. The van der Waals surface area contributed by atoms with Gasteiger partial charge in [0.05, 0.1) is 11.5 Å². The summed E-state index contributed by atoms with van der Waals surface area (Å²) in [4.78, 5) is 0.314. The molecule has 0 aliphatic carbocycles. The average Bonchev–Trinajstić information content (AvgIpc) is 2.38. The van der Waals surface area contributed by atoms with Gasteiger partial charge in [-0.3, -0.25) is 0 Å². The molecule has 0 fully saturated rings. The number of hydrogen-bond donors (Lipinski definition) is 1. The third-order valence-electron chi connectivity index (χ3n) is 3.06. The molecule has 6 heteroatoms. The molecule has 108 valence electrons. The number of likely N-dealkylation sites (N-methyl/N-ethyl adjacent to an activating group) is 1. The Morgan fingerprint density at radius 1 is 1.37 bits per heavy atom. The van der Waals surface area contributed by atoms with Gasteiger partial charge in [0.15, 0.2) is 0 Å². The second-order valence-corrected chi connectivity index (χ2v) is 6.28. The molecule has 0 spiro atoms. The predicted molar refractivity (Wildman–Crippen MR) is 75.4 cm³/mol. The minimum atomic E-state index is -3.48. The summed E-state index contributed by atoms with van der Waals surface area (Å²) in [6.07, 6.45) is 0. The summed E-state index contributed by atoms with van der Waals surface area (Å²) >= 11 is 0. The maximum atomic E-state index is 12.4. The first-order valence-electron chi connectivity index (χ1n) is 6.27. The normalized spacial score (nSPS) is 12.1. The van der Waals surface area contributed by atoms with Gasteiger partial charge in [-0.2, -0.15) is 4.31 Å². The van der Waals surface area contributed by atoms with Gasteiger partial charge in [-0.15, -0.1) is 0 Å². The van der Waals surface area contributed by atoms with Crippen LogP contribution in [0, 0.1) is 6.92 Å². The van der Waals surface area contributed by atoms with E-state index in [1.54, 1.807) is 26.1 Å². The van der Waals surface area contributed by atoms with Crippen LogP contribution in [0.3, 0.4) is 0 Å². The number of hydrogen-bond acceptors (Lipinski definition) is 4. The number of nitrogens with two attached hydrogens (primary N) is 1. The Labute approximate surface area is 115 Å². The average molecular weight is 286 g/mol. The summed E-state index contributed by atoms with van der Waals surface area (Å²) in [5, 5.41) is 0. The summed E-state index contributed by atoms with van der Waals surface area (Å²) in [6.45, 7) is 5.30. The van der Waals surface area contributed by atoms with Crippen molar-refractivity contribution in [2.75, 3.05) is 26.8 Å². The fourth-order valence-corrected chi connectivity index (χ4v) is 3.21. The molecule has 1 rings (SSSR count). The number of benzene rings is 1. The van der Waals surface area contributed by atoms with Crippen LogP contribution in [0.1, 0.15) is 18.1 Å². The molecular formula is C13H22N2O3S. The molecule has 0 aliphatic rings. The van der Waals surface area contributed by atoms with Crippen molar-refractivity contribution in [1.29, 1.82) is 0 Å². The first kappa shape index (κ1) is 16.1. The molecule has 0 bridgehead atoms. The highest BCUT2D eigenvalue weighted by molar-refractivity contribution is 7.89. The maximum absolute atomic E-state index is 12.4. The van der Waals surface area contributed by atoms with E-state index in [0.717, 1.165) is 5.56 Å². The highest BCUT2D eigenvalue weighted by Crippen LogP contribution is 2.21. The summed E-state index contributed by atoms with van der Waals surface area (Å²) in [5.74, 6) is 0. The van der Waals surface area contributed by atoms with Crippen LogP contribution in [0.15, 0.2) is 23.1 Å². The van der Waals surface area contributed by atoms with Crippen molar-refractivity contribution in [3.8, 4) is 0 Å². The van der Waals surface area contributed by atoms with Crippen molar-refractivity contribution >= 4 is 10.0 Å². The van der Waals surface area contributed by atoms with Crippen molar-refractivity contribution in [1.82, 2.24) is 4.31 Å². The number of ether oxygens (including phenoxy) is 1. The van der Waals surface area contributed by atoms with Crippen LogP contribution >= 0.6 is 0 Å². The van der Waals surface area contributed by atoms with E-state index in [1.165, 1.54) is 4.31 Å². The molecule has 0 heterocycles. The Hall–Kier alpha value is -0.950. The molecule has 0 amide bonds. The van der Waals surface area contributed by atoms with E-state index in [1.807, 2.05) is 13.0 Å². The maximum Gasteiger partial charge on any atom is 0.243 e. The van der Waals surface area contributed by atoms with Crippen LogP contribution in [-0.4, -0.2) is 39.5 Å². The van der Waals surface area contributed by atoms with Crippen molar-refractivity contribution < 1.29 is 13.2 Å². The van der Waals surface area contributed by atoms with Gasteiger partial charge in [0.25, 0.3) is 0 Å². The Balaban J connectivity index is 3.00. The van der Waals surface area contributed by atoms with E-state index in [9.17, 15) is 8.42 Å². The molecule has 0 unspecified atom stereocenters. The Kier molecular flexibility index (Phi) is 5.93. The van der Waals surface area contributed by atoms with Crippen LogP contribution in [0.4, 0.5) is 0 Å². The molecule has 0 saturated carbocycles. The summed E-state index contributed by atoms with van der Waals surface area (Å²) in [5.41, 5.74) is 7.17. The van der Waals surface area contributed by atoms with Gasteiger partial charge in [-0.1, -0.05) is 12.1 Å². The van der Waals surface area contributed by atoms with E-state index >= 15 is 0 Å². The van der Waals surface area contributed by atoms with E-state index in [0.29, 0.717) is 36.8 Å². The summed E-state index contributed by atoms with van der Waals surface area (Å²) in [6, 6.07) is 5.17. The lowest BCUT2D eigenvalue weighted by atomic mass is 10.1. The second kappa shape index (κ2) is 7.00. The largest absolute Gasteiger partial charge is 0.380 e. The van der Waals surface area contributed by atoms with Gasteiger partial charge in [-0.05, 0) is 31.0 Å². The standard InChI is InChI=1S/C13H22N2O3S/c1-4-18-9-8-15(3)19(16,17)13-7-5-6-12(10-14)11(13)2/h5-7H,4,8-10,14H2,1-3H3. The van der Waals surface area contributed by atoms with Crippen LogP contribution < -0.4 is 5.73 Å². The van der Waals surface area contributed by atoms with Crippen molar-refractivity contribution in [2.45, 2.75) is 25.3 Å². The summed E-state index contributed by atoms with van der Waals surface area (Å²) in [7, 11) is -1.93. The minimum Gasteiger partial charge on any atom is -0.380 e. The number of nitrogens with zero attached hydrogens (tertiary/aromatic N) is 1. The van der Waals surface area contributed by atoms with Gasteiger partial charge in [0, 0.05) is 26.7 Å². The lowest BCUT2D eigenvalue weighted by molar-refractivity contribution is 0.138. The molecule has 5 nitrogen and oxygen atoms in total. The van der Waals surface area contributed by atoms with Crippen LogP contribution in [0.25, 0.3) is 0 Å². The number of sulfonamides is 1. The van der Waals surface area contributed by atoms with E-state index in [-0.39, 0.29) is 0 Å². The Bertz CT molecular complexity index is 515. The first-order valence-corrected chi connectivity index (χ1v) is 7.71. The monoisotopic (exact) mass is 286 g/mol. The van der Waals surface area contributed by atoms with E-state index < -0.39 is 10.0 Å². The zero-order valence-corrected chi connectivity index (χ0v) is 12.5. The second-order valence-electron chi connectivity index (χ2n) is 4.27. The molecule has 0 radical (unpaired) electrons. The van der Waals surface area contributed by atoms with E-state index in [2.05, 4.69) is 0 Å². The third kappa shape index (κ3) is 3.76. The third-order valence-corrected chi connectivity index (χ3v) is 5.06. The van der Waals surface area contributed by atoms with Crippen molar-refractivity contribution in [3.63, 3.8) is 0 Å². The van der Waals surface area contributed by atoms with Crippen LogP contribution in [0.2, 0.25) is 0 Å². The molecule has 0 aromatic heterocycles. The lowest BCUT2D eigenvalue weighted by Crippen LogP contribution is -2.31. The molecule has 0 aliphatic heterocycles. The van der Waals surface area contributed by atoms with Gasteiger partial charge in [-0.25, -0.2) is 8.42 Å². The molecular weight excluding hydrogens is 264 g/mol. The van der Waals surface area contributed by atoms with Gasteiger partial charge in [0.1, 0.15) is 0 Å². The predicted octanol–water partition coefficient (Wildman–Crippen LogP) is 1.11. The molecule has 1 aromatic carbocycles. The molecule has 19 heavy (non-hydrogen) atoms. The zero-order valence-electron chi connectivity index (χ0n) is 11.7. The molecule has 0 atom stereocenters. The first-order chi connectivity index (χ1) is 8.95. The minimum absolute atomic E-state index is 0.314. The summed E-state index contributed by atoms with van der Waals surface area (Å²) < 4.78 is 31.4. The number of rotatable bonds is 7. The van der Waals surface area contributed by atoms with Crippen molar-refractivity contribution in [2.24, 2.45) is 5.73 Å². The van der Waals surface area contributed by atoms with Gasteiger partial charge < -0.3 is 10.5 Å². The smallest absolute Gasteiger partial charge is 0.243 e. The van der Waals surface area contributed by atoms with Gasteiger partial charge in [0.2, 0.25) is 10.0 Å². The molecule has 0 saturated heterocycles. The van der Waals surface area contributed by atoms with Crippen molar-refractivity contribution in [3.05, 3.63) is 29.3 Å². The highest BCUT2D eigenvalue weighted by atomic mass is 32.2. The molecule has 1 aromatic rings. The SMILES string of the molecule is CCOCCN(C)S(=O)(=O)c1cccc(CN)c1C. The topological polar surface area (TPSA) is 72.6 Å². The van der Waals surface area contributed by atoms with E-state index in [4.69, 9.17) is 10.5 Å². The van der Waals surface area contributed by atoms with Crippen LogP contribution in [0.5, 0.6) is 0 Å². The molecule has 2 N–H and O–H groups in total. The van der Waals surface area contributed by atoms with Crippen LogP contribution in [-0.2, 0) is 21.3 Å². The Morgan fingerprint density at radius 2 is 2.05 bits per heavy atom. The fourth-order valence-electron chi connectivity index (χ4n) is 1.79. The quantitative estimate of drug-likeness (QED) is 0.762.